The molecule has 3 aliphatic heterocycles. The lowest BCUT2D eigenvalue weighted by Gasteiger charge is -2.37. The molecule has 0 atom stereocenters. The van der Waals surface area contributed by atoms with Gasteiger partial charge < -0.3 is 24.2 Å². The maximum absolute atomic E-state index is 11.2. The zero-order valence-electron chi connectivity index (χ0n) is 23.1. The van der Waals surface area contributed by atoms with Crippen LogP contribution in [-0.2, 0) is 19.5 Å². The lowest BCUT2D eigenvalue weighted by molar-refractivity contribution is -0.686. The maximum Gasteiger partial charge on any atom is 0.231 e. The summed E-state index contributed by atoms with van der Waals surface area (Å²) >= 11 is 0. The van der Waals surface area contributed by atoms with Gasteiger partial charge in [0.2, 0.25) is 12.5 Å². The topological polar surface area (TPSA) is 58.3 Å². The minimum absolute atomic E-state index is 0.193. The van der Waals surface area contributed by atoms with Gasteiger partial charge in [-0.3, -0.25) is 4.90 Å². The first-order valence-corrected chi connectivity index (χ1v) is 14.3. The standard InChI is InChI=1S/C34H31N3O4/c1-39-33-16-24(19-35-11-13-36(14-12-35)29-8-4-6-22-5-2-3-7-25(22)29)26-17-30-27-18-32-31(40-21-41-32)15-23(27)9-10-37(30)20-28(26)34(33)38/h2-8,15-18,20H,9-14,19,21H2,1H3/p+1. The number of aromatic hydroxyl groups is 1. The van der Waals surface area contributed by atoms with Crippen LogP contribution < -0.4 is 23.7 Å². The second kappa shape index (κ2) is 9.56. The van der Waals surface area contributed by atoms with Gasteiger partial charge in [0, 0.05) is 61.7 Å². The van der Waals surface area contributed by atoms with E-state index in [1.165, 1.54) is 22.0 Å². The number of phenols is 1. The van der Waals surface area contributed by atoms with E-state index in [4.69, 9.17) is 14.2 Å². The first-order valence-electron chi connectivity index (χ1n) is 14.3. The van der Waals surface area contributed by atoms with Gasteiger partial charge >= 0.3 is 0 Å². The van der Waals surface area contributed by atoms with Crippen LogP contribution >= 0.6 is 0 Å². The molecule has 0 spiro atoms. The van der Waals surface area contributed by atoms with E-state index < -0.39 is 0 Å². The monoisotopic (exact) mass is 546 g/mol. The van der Waals surface area contributed by atoms with Crippen molar-refractivity contribution in [2.75, 3.05) is 45.0 Å². The van der Waals surface area contributed by atoms with Gasteiger partial charge in [0.15, 0.2) is 35.7 Å². The number of aryl methyl sites for hydroxylation is 2. The van der Waals surface area contributed by atoms with Gasteiger partial charge in [-0.2, -0.15) is 4.57 Å². The van der Waals surface area contributed by atoms with E-state index in [2.05, 4.69) is 81.2 Å². The van der Waals surface area contributed by atoms with E-state index in [1.54, 1.807) is 7.11 Å². The third kappa shape index (κ3) is 4.03. The highest BCUT2D eigenvalue weighted by atomic mass is 16.7. The number of aromatic nitrogens is 1. The third-order valence-electron chi connectivity index (χ3n) is 8.90. The molecule has 4 heterocycles. The molecule has 4 aromatic carbocycles. The van der Waals surface area contributed by atoms with Crippen LogP contribution in [0.2, 0.25) is 0 Å². The number of benzene rings is 4. The van der Waals surface area contributed by atoms with Gasteiger partial charge in [-0.25, -0.2) is 0 Å². The number of nitrogens with zero attached hydrogens (tertiary/aromatic N) is 3. The van der Waals surface area contributed by atoms with Crippen LogP contribution in [0.1, 0.15) is 11.1 Å². The molecular formula is C34H32N3O4+. The fraction of sp³-hybridized carbons (Fsp3) is 0.265. The molecule has 0 radical (unpaired) electrons. The normalized spacial score (nSPS) is 16.2. The second-order valence-corrected chi connectivity index (χ2v) is 11.1. The molecule has 8 rings (SSSR count). The Hall–Kier alpha value is -4.49. The van der Waals surface area contributed by atoms with Crippen LogP contribution in [0.4, 0.5) is 5.69 Å². The van der Waals surface area contributed by atoms with E-state index in [-0.39, 0.29) is 12.5 Å². The third-order valence-corrected chi connectivity index (χ3v) is 8.90. The predicted octanol–water partition coefficient (Wildman–Crippen LogP) is 5.27. The summed E-state index contributed by atoms with van der Waals surface area (Å²) in [6, 6.07) is 23.7. The van der Waals surface area contributed by atoms with E-state index >= 15 is 0 Å². The first-order chi connectivity index (χ1) is 20.2. The largest absolute Gasteiger partial charge is 0.504 e. The minimum atomic E-state index is 0.193. The van der Waals surface area contributed by atoms with Crippen molar-refractivity contribution >= 4 is 27.2 Å². The van der Waals surface area contributed by atoms with Gasteiger partial charge in [0.1, 0.15) is 0 Å². The number of pyridine rings is 1. The Balaban J connectivity index is 1.13. The van der Waals surface area contributed by atoms with Crippen LogP contribution in [0.3, 0.4) is 0 Å². The maximum atomic E-state index is 11.2. The van der Waals surface area contributed by atoms with E-state index in [0.29, 0.717) is 5.75 Å². The molecule has 41 heavy (non-hydrogen) atoms. The quantitative estimate of drug-likeness (QED) is 0.310. The number of anilines is 1. The highest BCUT2D eigenvalue weighted by Gasteiger charge is 2.30. The molecule has 1 aromatic heterocycles. The smallest absolute Gasteiger partial charge is 0.231 e. The lowest BCUT2D eigenvalue weighted by atomic mass is 9.94. The summed E-state index contributed by atoms with van der Waals surface area (Å²) < 4.78 is 19.2. The minimum Gasteiger partial charge on any atom is -0.504 e. The van der Waals surface area contributed by atoms with Crippen molar-refractivity contribution in [3.05, 3.63) is 84.1 Å². The Bertz CT molecular complexity index is 1820. The van der Waals surface area contributed by atoms with E-state index in [1.807, 2.05) is 6.07 Å². The Morgan fingerprint density at radius 1 is 0.878 bits per heavy atom. The average molecular weight is 547 g/mol. The summed E-state index contributed by atoms with van der Waals surface area (Å²) in [4.78, 5) is 5.01. The van der Waals surface area contributed by atoms with Crippen LogP contribution in [0.25, 0.3) is 32.8 Å². The molecule has 206 valence electrons. The number of methoxy groups -OCH3 is 1. The molecule has 5 aromatic rings. The molecular weight excluding hydrogens is 514 g/mol. The molecule has 1 saturated heterocycles. The number of piperazine rings is 1. The van der Waals surface area contributed by atoms with Gasteiger partial charge in [-0.05, 0) is 40.8 Å². The summed E-state index contributed by atoms with van der Waals surface area (Å²) in [6.07, 6.45) is 2.98. The van der Waals surface area contributed by atoms with E-state index in [0.717, 1.165) is 84.8 Å². The Kier molecular flexibility index (Phi) is 5.67. The van der Waals surface area contributed by atoms with Crippen LogP contribution in [-0.4, -0.2) is 50.1 Å². The first kappa shape index (κ1) is 24.3. The fourth-order valence-corrected chi connectivity index (χ4v) is 6.73. The molecule has 7 heteroatoms. The highest BCUT2D eigenvalue weighted by Crippen LogP contribution is 2.42. The Labute approximate surface area is 238 Å². The molecule has 0 unspecified atom stereocenters. The van der Waals surface area contributed by atoms with E-state index in [9.17, 15) is 5.11 Å². The van der Waals surface area contributed by atoms with Crippen LogP contribution in [0, 0.1) is 0 Å². The van der Waals surface area contributed by atoms with Crippen molar-refractivity contribution in [2.45, 2.75) is 19.5 Å². The molecule has 0 bridgehead atoms. The summed E-state index contributed by atoms with van der Waals surface area (Å²) in [7, 11) is 1.62. The molecule has 0 amide bonds. The molecule has 7 nitrogen and oxygen atoms in total. The second-order valence-electron chi connectivity index (χ2n) is 11.1. The van der Waals surface area contributed by atoms with Crippen LogP contribution in [0.5, 0.6) is 23.0 Å². The Morgan fingerprint density at radius 3 is 2.54 bits per heavy atom. The predicted molar refractivity (Wildman–Crippen MR) is 159 cm³/mol. The lowest BCUT2D eigenvalue weighted by Crippen LogP contribution is -2.46. The van der Waals surface area contributed by atoms with Crippen molar-refractivity contribution in [2.24, 2.45) is 0 Å². The average Bonchev–Trinajstić information content (AvgIpc) is 3.48. The van der Waals surface area contributed by atoms with Crippen molar-refractivity contribution in [3.8, 4) is 34.3 Å². The number of ether oxygens (including phenoxy) is 3. The summed E-state index contributed by atoms with van der Waals surface area (Å²) in [6.45, 7) is 5.73. The van der Waals surface area contributed by atoms with Gasteiger partial charge in [0.05, 0.1) is 18.1 Å². The van der Waals surface area contributed by atoms with Gasteiger partial charge in [-0.15, -0.1) is 0 Å². The zero-order valence-corrected chi connectivity index (χ0v) is 23.1. The molecule has 1 N–H and O–H groups in total. The zero-order chi connectivity index (χ0) is 27.5. The van der Waals surface area contributed by atoms with Crippen molar-refractivity contribution in [1.29, 1.82) is 0 Å². The van der Waals surface area contributed by atoms with Crippen molar-refractivity contribution in [3.63, 3.8) is 0 Å². The number of phenolic OH excluding ortho intramolecular Hbond substituents is 1. The van der Waals surface area contributed by atoms with Gasteiger partial charge in [0.25, 0.3) is 0 Å². The fourth-order valence-electron chi connectivity index (χ4n) is 6.73. The van der Waals surface area contributed by atoms with Crippen LogP contribution in [0.15, 0.2) is 72.9 Å². The SMILES string of the molecule is COc1cc(CN2CCN(c3cccc4ccccc34)CC2)c2cc3[n+](cc2c1O)CCc1cc2c(cc1-3)OCO2. The number of fused-ring (bicyclic) bond motifs is 6. The molecule has 0 aliphatic carbocycles. The number of rotatable bonds is 4. The van der Waals surface area contributed by atoms with Crippen molar-refractivity contribution < 1.29 is 23.9 Å². The number of hydrogen-bond acceptors (Lipinski definition) is 6. The summed E-state index contributed by atoms with van der Waals surface area (Å²) in [5.41, 5.74) is 6.01. The Morgan fingerprint density at radius 2 is 1.68 bits per heavy atom. The molecule has 3 aliphatic rings. The number of hydrogen-bond donors (Lipinski definition) is 1. The highest BCUT2D eigenvalue weighted by molar-refractivity contribution is 5.95. The van der Waals surface area contributed by atoms with Gasteiger partial charge in [-0.1, -0.05) is 36.4 Å². The molecule has 0 saturated carbocycles. The van der Waals surface area contributed by atoms with Crippen molar-refractivity contribution in [1.82, 2.24) is 4.90 Å². The summed E-state index contributed by atoms with van der Waals surface area (Å²) in [5.74, 6) is 2.32. The molecule has 1 fully saturated rings. The summed E-state index contributed by atoms with van der Waals surface area (Å²) in [5, 5.41) is 15.6.